The molecule has 1 heterocycles. The Morgan fingerprint density at radius 3 is 2.12 bits per heavy atom. The molecule has 0 fully saturated rings. The number of aromatic nitrogens is 3. The van der Waals surface area contributed by atoms with Crippen LogP contribution in [0.3, 0.4) is 0 Å². The van der Waals surface area contributed by atoms with Crippen LogP contribution in [-0.2, 0) is 9.59 Å². The van der Waals surface area contributed by atoms with Crippen LogP contribution in [0.4, 0.5) is 0 Å². The first kappa shape index (κ1) is 20.7. The third-order valence-corrected chi connectivity index (χ3v) is 4.73. The summed E-state index contributed by atoms with van der Waals surface area (Å²) < 4.78 is 1.38. The molecule has 32 heavy (non-hydrogen) atoms. The lowest BCUT2D eigenvalue weighted by molar-refractivity contribution is -0.117. The Hall–Kier alpha value is -4.52. The second kappa shape index (κ2) is 9.09. The van der Waals surface area contributed by atoms with E-state index in [0.717, 1.165) is 6.08 Å². The van der Waals surface area contributed by atoms with Gasteiger partial charge in [0.15, 0.2) is 0 Å². The van der Waals surface area contributed by atoms with Gasteiger partial charge in [-0.3, -0.25) is 9.59 Å². The van der Waals surface area contributed by atoms with Crippen LogP contribution in [-0.4, -0.2) is 31.8 Å². The summed E-state index contributed by atoms with van der Waals surface area (Å²) in [6.45, 7) is 1.36. The van der Waals surface area contributed by atoms with Crippen LogP contribution < -0.4 is 5.32 Å². The topological polar surface area (TPSA) is 97.1 Å². The van der Waals surface area contributed by atoms with E-state index in [9.17, 15) is 14.7 Å². The number of para-hydroxylation sites is 1. The minimum Gasteiger partial charge on any atom is -0.507 e. The highest BCUT2D eigenvalue weighted by Crippen LogP contribution is 2.25. The molecule has 0 aliphatic heterocycles. The van der Waals surface area contributed by atoms with Gasteiger partial charge in [-0.15, -0.1) is 5.10 Å². The smallest absolute Gasteiger partial charge is 0.221 e. The van der Waals surface area contributed by atoms with Crippen LogP contribution in [0.1, 0.15) is 18.1 Å². The number of allylic oxidation sites excluding steroid dienone is 2. The van der Waals surface area contributed by atoms with E-state index in [-0.39, 0.29) is 23.1 Å². The zero-order chi connectivity index (χ0) is 22.5. The van der Waals surface area contributed by atoms with Gasteiger partial charge >= 0.3 is 0 Å². The molecular formula is C25H20N4O3. The van der Waals surface area contributed by atoms with E-state index in [1.165, 1.54) is 11.6 Å². The van der Waals surface area contributed by atoms with Crippen LogP contribution in [0.5, 0.6) is 0 Å². The maximum atomic E-state index is 13.5. The van der Waals surface area contributed by atoms with E-state index in [2.05, 4.69) is 15.6 Å². The van der Waals surface area contributed by atoms with Crippen LogP contribution >= 0.6 is 0 Å². The summed E-state index contributed by atoms with van der Waals surface area (Å²) in [5.41, 5.74) is 2.59. The van der Waals surface area contributed by atoms with Gasteiger partial charge in [0, 0.05) is 24.1 Å². The third-order valence-electron chi connectivity index (χ3n) is 4.73. The van der Waals surface area contributed by atoms with Crippen molar-refractivity contribution in [2.45, 2.75) is 6.92 Å². The summed E-state index contributed by atoms with van der Waals surface area (Å²) in [5, 5.41) is 21.7. The second-order valence-corrected chi connectivity index (χ2v) is 7.02. The van der Waals surface area contributed by atoms with Gasteiger partial charge < -0.3 is 10.4 Å². The summed E-state index contributed by atoms with van der Waals surface area (Å²) in [6.07, 6.45) is 1.12. The first-order valence-corrected chi connectivity index (χ1v) is 9.93. The van der Waals surface area contributed by atoms with E-state index in [1.807, 2.05) is 24.3 Å². The molecule has 7 heteroatoms. The standard InChI is InChI=1S/C25H20N4O3/c1-17(30)26-24(19-12-6-3-7-13-19)25(29-21-15-9-8-14-20(21)27-28-29)23(32)16-22(31)18-10-4-2-5-11-18/h2-16,31H,1H3,(H,26,30)/b22-16-,25-24+. The molecule has 158 valence electrons. The summed E-state index contributed by atoms with van der Waals surface area (Å²) in [5.74, 6) is -1.10. The molecule has 0 saturated carbocycles. The van der Waals surface area contributed by atoms with Gasteiger partial charge in [-0.05, 0) is 12.1 Å². The number of fused-ring (bicyclic) bond motifs is 1. The highest BCUT2D eigenvalue weighted by molar-refractivity contribution is 6.29. The summed E-state index contributed by atoms with van der Waals surface area (Å²) in [7, 11) is 0. The zero-order valence-electron chi connectivity index (χ0n) is 17.3. The molecule has 4 aromatic rings. The number of amides is 1. The van der Waals surface area contributed by atoms with E-state index >= 15 is 0 Å². The highest BCUT2D eigenvalue weighted by atomic mass is 16.3. The summed E-state index contributed by atoms with van der Waals surface area (Å²) >= 11 is 0. The van der Waals surface area contributed by atoms with Gasteiger partial charge in [0.25, 0.3) is 0 Å². The summed E-state index contributed by atoms with van der Waals surface area (Å²) in [4.78, 5) is 25.6. The maximum absolute atomic E-state index is 13.5. The largest absolute Gasteiger partial charge is 0.507 e. The molecular weight excluding hydrogens is 404 g/mol. The Kier molecular flexibility index (Phi) is 5.89. The maximum Gasteiger partial charge on any atom is 0.221 e. The number of carbonyl (C=O) groups excluding carboxylic acids is 2. The molecule has 0 spiro atoms. The first-order chi connectivity index (χ1) is 15.5. The second-order valence-electron chi connectivity index (χ2n) is 7.02. The van der Waals surface area contributed by atoms with Crippen molar-refractivity contribution in [2.75, 3.05) is 0 Å². The Balaban J connectivity index is 1.97. The van der Waals surface area contributed by atoms with Gasteiger partial charge in [0.05, 0.1) is 11.2 Å². The minimum atomic E-state index is -0.547. The Labute approximate surface area is 184 Å². The zero-order valence-corrected chi connectivity index (χ0v) is 17.3. The van der Waals surface area contributed by atoms with E-state index in [1.54, 1.807) is 60.7 Å². The molecule has 0 unspecified atom stereocenters. The van der Waals surface area contributed by atoms with Crippen LogP contribution in [0.25, 0.3) is 28.2 Å². The molecule has 3 aromatic carbocycles. The van der Waals surface area contributed by atoms with Gasteiger partial charge in [-0.2, -0.15) is 0 Å². The molecule has 1 amide bonds. The van der Waals surface area contributed by atoms with Crippen molar-refractivity contribution < 1.29 is 14.7 Å². The number of hydrogen-bond donors (Lipinski definition) is 2. The lowest BCUT2D eigenvalue weighted by Crippen LogP contribution is -2.24. The first-order valence-electron chi connectivity index (χ1n) is 9.93. The number of ketones is 1. The van der Waals surface area contributed by atoms with Gasteiger partial charge in [-0.1, -0.05) is 78.0 Å². The number of hydrogen-bond acceptors (Lipinski definition) is 5. The number of benzene rings is 3. The van der Waals surface area contributed by atoms with E-state index in [0.29, 0.717) is 22.2 Å². The molecule has 0 bridgehead atoms. The summed E-state index contributed by atoms with van der Waals surface area (Å²) in [6, 6.07) is 24.9. The van der Waals surface area contributed by atoms with E-state index in [4.69, 9.17) is 0 Å². The number of aliphatic hydroxyl groups is 1. The molecule has 0 saturated heterocycles. The van der Waals surface area contributed by atoms with Crippen LogP contribution in [0.15, 0.2) is 91.0 Å². The molecule has 7 nitrogen and oxygen atoms in total. The van der Waals surface area contributed by atoms with Crippen molar-refractivity contribution in [3.63, 3.8) is 0 Å². The fourth-order valence-corrected chi connectivity index (χ4v) is 3.30. The van der Waals surface area contributed by atoms with Gasteiger partial charge in [0.2, 0.25) is 11.7 Å². The number of carbonyl (C=O) groups is 2. The predicted octanol–water partition coefficient (Wildman–Crippen LogP) is 4.06. The van der Waals surface area contributed by atoms with Crippen molar-refractivity contribution in [1.29, 1.82) is 0 Å². The van der Waals surface area contributed by atoms with Crippen LogP contribution in [0.2, 0.25) is 0 Å². The van der Waals surface area contributed by atoms with Crippen LogP contribution in [0, 0.1) is 0 Å². The molecule has 0 aliphatic rings. The number of aliphatic hydroxyl groups excluding tert-OH is 1. The monoisotopic (exact) mass is 424 g/mol. The number of nitrogens with zero attached hydrogens (tertiary/aromatic N) is 3. The normalized spacial score (nSPS) is 12.3. The fraction of sp³-hybridized carbons (Fsp3) is 0.0400. The lowest BCUT2D eigenvalue weighted by Gasteiger charge is -2.15. The molecule has 1 aromatic heterocycles. The average Bonchev–Trinajstić information content (AvgIpc) is 3.23. The average molecular weight is 424 g/mol. The molecule has 4 rings (SSSR count). The van der Waals surface area contributed by atoms with Crippen molar-refractivity contribution in [2.24, 2.45) is 0 Å². The quantitative estimate of drug-likeness (QED) is 0.359. The SMILES string of the molecule is CC(=O)N/C(=C(\C(=O)/C=C(\O)c1ccccc1)n1nnc2ccccc21)c1ccccc1. The molecule has 0 atom stereocenters. The Bertz CT molecular complexity index is 1340. The fourth-order valence-electron chi connectivity index (χ4n) is 3.30. The Morgan fingerprint density at radius 1 is 0.875 bits per heavy atom. The third kappa shape index (κ3) is 4.32. The van der Waals surface area contributed by atoms with Crippen molar-refractivity contribution >= 4 is 39.9 Å². The number of nitrogens with one attached hydrogen (secondary N) is 1. The Morgan fingerprint density at radius 2 is 1.47 bits per heavy atom. The van der Waals surface area contributed by atoms with Crippen molar-refractivity contribution in [3.05, 3.63) is 102 Å². The molecule has 0 radical (unpaired) electrons. The minimum absolute atomic E-state index is 0.0579. The lowest BCUT2D eigenvalue weighted by atomic mass is 10.1. The van der Waals surface area contributed by atoms with Gasteiger partial charge in [-0.25, -0.2) is 4.68 Å². The van der Waals surface area contributed by atoms with E-state index < -0.39 is 5.78 Å². The van der Waals surface area contributed by atoms with Crippen molar-refractivity contribution in [1.82, 2.24) is 20.3 Å². The van der Waals surface area contributed by atoms with Crippen molar-refractivity contribution in [3.8, 4) is 0 Å². The molecule has 2 N–H and O–H groups in total. The molecule has 0 aliphatic carbocycles. The predicted molar refractivity (Wildman–Crippen MR) is 123 cm³/mol. The number of rotatable bonds is 6. The van der Waals surface area contributed by atoms with Gasteiger partial charge in [0.1, 0.15) is 17.0 Å². The highest BCUT2D eigenvalue weighted by Gasteiger charge is 2.22.